The predicted octanol–water partition coefficient (Wildman–Crippen LogP) is 1.97. The monoisotopic (exact) mass is 128 g/mol. The Balaban J connectivity index is 3.58. The van der Waals surface area contributed by atoms with Crippen molar-refractivity contribution in [2.45, 2.75) is 33.3 Å². The zero-order chi connectivity index (χ0) is 7.28. The maximum Gasteiger partial charge on any atom is 0.0597 e. The van der Waals surface area contributed by atoms with Gasteiger partial charge in [0.2, 0.25) is 0 Å². The molecule has 1 heteroatoms. The molecule has 0 aromatic rings. The lowest BCUT2D eigenvalue weighted by Crippen LogP contribution is -2.13. The lowest BCUT2D eigenvalue weighted by Gasteiger charge is -2.11. The number of aliphatic hydroxyl groups excluding tert-OH is 1. The molecular formula is C8H16O. The minimum absolute atomic E-state index is 0.166. The van der Waals surface area contributed by atoms with Crippen LogP contribution < -0.4 is 0 Å². The molecule has 0 bridgehead atoms. The molecule has 2 atom stereocenters. The predicted molar refractivity (Wildman–Crippen MR) is 40.3 cm³/mol. The second-order valence-electron chi connectivity index (χ2n) is 2.36. The highest BCUT2D eigenvalue weighted by Crippen LogP contribution is 2.06. The molecule has 0 unspecified atom stereocenters. The average Bonchev–Trinajstić information content (AvgIpc) is 1.87. The van der Waals surface area contributed by atoms with Crippen LogP contribution in [0.25, 0.3) is 0 Å². The van der Waals surface area contributed by atoms with E-state index in [1.807, 2.05) is 32.9 Å². The summed E-state index contributed by atoms with van der Waals surface area (Å²) in [6.45, 7) is 5.98. The van der Waals surface area contributed by atoms with Gasteiger partial charge in [0, 0.05) is 0 Å². The number of hydrogen-bond acceptors (Lipinski definition) is 1. The van der Waals surface area contributed by atoms with Crippen molar-refractivity contribution in [3.05, 3.63) is 12.2 Å². The molecule has 0 aliphatic heterocycles. The first-order valence-electron chi connectivity index (χ1n) is 3.53. The lowest BCUT2D eigenvalue weighted by molar-refractivity contribution is 0.133. The minimum atomic E-state index is -0.166. The summed E-state index contributed by atoms with van der Waals surface area (Å²) in [6.07, 6.45) is 4.67. The molecular weight excluding hydrogens is 112 g/mol. The molecule has 9 heavy (non-hydrogen) atoms. The lowest BCUT2D eigenvalue weighted by atomic mass is 10.0. The Morgan fingerprint density at radius 1 is 1.56 bits per heavy atom. The van der Waals surface area contributed by atoms with Crippen molar-refractivity contribution in [3.8, 4) is 0 Å². The quantitative estimate of drug-likeness (QED) is 0.576. The zero-order valence-electron chi connectivity index (χ0n) is 6.46. The van der Waals surface area contributed by atoms with Gasteiger partial charge in [-0.3, -0.25) is 0 Å². The maximum absolute atomic E-state index is 9.21. The van der Waals surface area contributed by atoms with Crippen LogP contribution in [0, 0.1) is 5.92 Å². The van der Waals surface area contributed by atoms with Gasteiger partial charge in [0.25, 0.3) is 0 Å². The third-order valence-electron chi connectivity index (χ3n) is 1.52. The Kier molecular flexibility index (Phi) is 4.41. The first-order valence-corrected chi connectivity index (χ1v) is 3.53. The van der Waals surface area contributed by atoms with Crippen molar-refractivity contribution >= 4 is 0 Å². The molecule has 0 heterocycles. The first kappa shape index (κ1) is 8.70. The van der Waals surface area contributed by atoms with Crippen LogP contribution in [-0.2, 0) is 0 Å². The average molecular weight is 128 g/mol. The summed E-state index contributed by atoms with van der Waals surface area (Å²) in [4.78, 5) is 0. The number of hydrogen-bond donors (Lipinski definition) is 1. The fourth-order valence-corrected chi connectivity index (χ4v) is 0.804. The van der Waals surface area contributed by atoms with Gasteiger partial charge in [-0.25, -0.2) is 0 Å². The van der Waals surface area contributed by atoms with Gasteiger partial charge < -0.3 is 5.11 Å². The molecule has 0 aliphatic carbocycles. The Hall–Kier alpha value is -0.300. The third-order valence-corrected chi connectivity index (χ3v) is 1.52. The molecule has 0 rings (SSSR count). The molecule has 0 spiro atoms. The summed E-state index contributed by atoms with van der Waals surface area (Å²) in [7, 11) is 0. The van der Waals surface area contributed by atoms with Crippen LogP contribution in [0.1, 0.15) is 27.2 Å². The highest BCUT2D eigenvalue weighted by atomic mass is 16.3. The molecule has 0 aliphatic rings. The van der Waals surface area contributed by atoms with Crippen LogP contribution in [0.5, 0.6) is 0 Å². The van der Waals surface area contributed by atoms with Gasteiger partial charge in [-0.1, -0.05) is 26.0 Å². The van der Waals surface area contributed by atoms with Crippen molar-refractivity contribution in [1.29, 1.82) is 0 Å². The molecule has 0 aromatic carbocycles. The normalized spacial score (nSPS) is 18.2. The fraction of sp³-hybridized carbons (Fsp3) is 0.750. The van der Waals surface area contributed by atoms with Gasteiger partial charge in [-0.15, -0.1) is 0 Å². The Bertz CT molecular complexity index is 86.6. The van der Waals surface area contributed by atoms with E-state index in [2.05, 4.69) is 0 Å². The molecule has 1 nitrogen and oxygen atoms in total. The van der Waals surface area contributed by atoms with Crippen LogP contribution in [0.3, 0.4) is 0 Å². The smallest absolute Gasteiger partial charge is 0.0597 e. The topological polar surface area (TPSA) is 20.2 Å². The number of rotatable bonds is 3. The van der Waals surface area contributed by atoms with Crippen molar-refractivity contribution in [3.63, 3.8) is 0 Å². The van der Waals surface area contributed by atoms with Crippen LogP contribution in [-0.4, -0.2) is 11.2 Å². The molecule has 1 N–H and O–H groups in total. The van der Waals surface area contributed by atoms with Gasteiger partial charge in [0.05, 0.1) is 6.10 Å². The van der Waals surface area contributed by atoms with Crippen LogP contribution >= 0.6 is 0 Å². The van der Waals surface area contributed by atoms with Crippen LogP contribution in [0.2, 0.25) is 0 Å². The Labute approximate surface area is 57.4 Å². The first-order chi connectivity index (χ1) is 4.22. The molecule has 0 radical (unpaired) electrons. The molecule has 0 amide bonds. The van der Waals surface area contributed by atoms with Gasteiger partial charge in [-0.2, -0.15) is 0 Å². The van der Waals surface area contributed by atoms with E-state index in [0.29, 0.717) is 5.92 Å². The SMILES string of the molecule is C/C=C\[C@H](C)[C@H](O)CC. The van der Waals surface area contributed by atoms with E-state index >= 15 is 0 Å². The Morgan fingerprint density at radius 3 is 2.44 bits per heavy atom. The second kappa shape index (κ2) is 4.57. The molecule has 0 saturated heterocycles. The second-order valence-corrected chi connectivity index (χ2v) is 2.36. The van der Waals surface area contributed by atoms with Crippen LogP contribution in [0.4, 0.5) is 0 Å². The van der Waals surface area contributed by atoms with E-state index in [9.17, 15) is 5.11 Å². The van der Waals surface area contributed by atoms with E-state index in [-0.39, 0.29) is 6.10 Å². The Morgan fingerprint density at radius 2 is 2.11 bits per heavy atom. The summed E-state index contributed by atoms with van der Waals surface area (Å²) < 4.78 is 0. The van der Waals surface area contributed by atoms with E-state index in [4.69, 9.17) is 0 Å². The summed E-state index contributed by atoms with van der Waals surface area (Å²) in [5.74, 6) is 0.306. The highest BCUT2D eigenvalue weighted by molar-refractivity contribution is 4.86. The standard InChI is InChI=1S/C8H16O/c1-4-6-7(3)8(9)5-2/h4,6-9H,5H2,1-3H3/b6-4-/t7-,8+/m0/s1. The summed E-state index contributed by atoms with van der Waals surface area (Å²) in [5, 5.41) is 9.21. The largest absolute Gasteiger partial charge is 0.393 e. The van der Waals surface area contributed by atoms with Crippen LogP contribution in [0.15, 0.2) is 12.2 Å². The van der Waals surface area contributed by atoms with Gasteiger partial charge >= 0.3 is 0 Å². The number of allylic oxidation sites excluding steroid dienone is 1. The molecule has 0 fully saturated rings. The zero-order valence-corrected chi connectivity index (χ0v) is 6.46. The molecule has 0 aromatic heterocycles. The summed E-state index contributed by atoms with van der Waals surface area (Å²) >= 11 is 0. The fourth-order valence-electron chi connectivity index (χ4n) is 0.804. The minimum Gasteiger partial charge on any atom is -0.393 e. The maximum atomic E-state index is 9.21. The van der Waals surface area contributed by atoms with Crippen molar-refractivity contribution < 1.29 is 5.11 Å². The number of aliphatic hydroxyl groups is 1. The third kappa shape index (κ3) is 3.31. The van der Waals surface area contributed by atoms with Crippen molar-refractivity contribution in [1.82, 2.24) is 0 Å². The van der Waals surface area contributed by atoms with E-state index in [0.717, 1.165) is 6.42 Å². The van der Waals surface area contributed by atoms with Gasteiger partial charge in [0.15, 0.2) is 0 Å². The summed E-state index contributed by atoms with van der Waals surface area (Å²) in [6, 6.07) is 0. The van der Waals surface area contributed by atoms with Gasteiger partial charge in [0.1, 0.15) is 0 Å². The van der Waals surface area contributed by atoms with E-state index in [1.54, 1.807) is 0 Å². The molecule has 0 saturated carbocycles. The summed E-state index contributed by atoms with van der Waals surface area (Å²) in [5.41, 5.74) is 0. The highest BCUT2D eigenvalue weighted by Gasteiger charge is 2.06. The van der Waals surface area contributed by atoms with Crippen molar-refractivity contribution in [2.75, 3.05) is 0 Å². The van der Waals surface area contributed by atoms with Crippen molar-refractivity contribution in [2.24, 2.45) is 5.92 Å². The van der Waals surface area contributed by atoms with E-state index < -0.39 is 0 Å². The van der Waals surface area contributed by atoms with Gasteiger partial charge in [-0.05, 0) is 19.3 Å². The molecule has 54 valence electrons. The van der Waals surface area contributed by atoms with E-state index in [1.165, 1.54) is 0 Å².